The predicted molar refractivity (Wildman–Crippen MR) is 170 cm³/mol. The molecule has 5 rings (SSSR count). The first-order valence-electron chi connectivity index (χ1n) is 14.0. The number of carbonyl (C=O) groups excluding carboxylic acids is 5. The molecule has 1 aliphatic heterocycles. The van der Waals surface area contributed by atoms with Crippen LogP contribution in [0.15, 0.2) is 114 Å². The van der Waals surface area contributed by atoms with Gasteiger partial charge < -0.3 is 15.4 Å². The first kappa shape index (κ1) is 30.9. The number of ether oxygens (including phenoxy) is 1. The second kappa shape index (κ2) is 14.3. The van der Waals surface area contributed by atoms with Gasteiger partial charge in [0.15, 0.2) is 0 Å². The fourth-order valence-electron chi connectivity index (χ4n) is 4.48. The summed E-state index contributed by atoms with van der Waals surface area (Å²) in [6, 6.07) is 25.0. The number of nitrogens with one attached hydrogen (secondary N) is 2. The molecular formula is C34H28N4O6S. The summed E-state index contributed by atoms with van der Waals surface area (Å²) in [5.74, 6) is -2.15. The molecule has 226 valence electrons. The first-order chi connectivity index (χ1) is 21.8. The van der Waals surface area contributed by atoms with E-state index in [1.165, 1.54) is 30.0 Å². The van der Waals surface area contributed by atoms with Gasteiger partial charge in [-0.3, -0.25) is 24.2 Å². The second-order valence-corrected chi connectivity index (χ2v) is 11.1. The zero-order chi connectivity index (χ0) is 31.8. The lowest BCUT2D eigenvalue weighted by atomic mass is 10.2. The van der Waals surface area contributed by atoms with Crippen LogP contribution in [0.2, 0.25) is 0 Å². The molecule has 1 unspecified atom stereocenters. The number of amides is 4. The van der Waals surface area contributed by atoms with Gasteiger partial charge in [0.1, 0.15) is 5.70 Å². The zero-order valence-corrected chi connectivity index (χ0v) is 25.0. The lowest BCUT2D eigenvalue weighted by Gasteiger charge is -2.15. The summed E-state index contributed by atoms with van der Waals surface area (Å²) < 4.78 is 4.98. The van der Waals surface area contributed by atoms with Gasteiger partial charge in [-0.1, -0.05) is 24.3 Å². The lowest BCUT2D eigenvalue weighted by molar-refractivity contribution is -0.121. The Kier molecular flexibility index (Phi) is 9.80. The molecule has 0 bridgehead atoms. The number of imide groups is 1. The second-order valence-electron chi connectivity index (χ2n) is 9.79. The Hall–Kier alpha value is -5.55. The van der Waals surface area contributed by atoms with E-state index < -0.39 is 23.0 Å². The Morgan fingerprint density at radius 2 is 1.67 bits per heavy atom. The molecule has 1 aromatic heterocycles. The van der Waals surface area contributed by atoms with Crippen molar-refractivity contribution in [1.82, 2.24) is 10.3 Å². The SMILES string of the molecule is CCOC(=O)c1ccc(N2C(=O)CC(Sc3ccc(NC(=O)/C(=C/c4cccnc4)NC(=O)c4ccccc4)cc3)C2=O)cc1. The first-order valence-corrected chi connectivity index (χ1v) is 14.9. The summed E-state index contributed by atoms with van der Waals surface area (Å²) in [7, 11) is 0. The van der Waals surface area contributed by atoms with Crippen molar-refractivity contribution in [1.29, 1.82) is 0 Å². The van der Waals surface area contributed by atoms with Crippen LogP contribution in [-0.4, -0.2) is 46.4 Å². The number of aromatic nitrogens is 1. The number of benzene rings is 3. The van der Waals surface area contributed by atoms with E-state index in [-0.39, 0.29) is 30.5 Å². The number of esters is 1. The highest BCUT2D eigenvalue weighted by molar-refractivity contribution is 8.00. The molecule has 11 heteroatoms. The monoisotopic (exact) mass is 620 g/mol. The number of thioether (sulfide) groups is 1. The molecule has 2 heterocycles. The molecule has 1 fully saturated rings. The molecule has 0 spiro atoms. The van der Waals surface area contributed by atoms with Gasteiger partial charge in [-0.15, -0.1) is 11.8 Å². The van der Waals surface area contributed by atoms with Crippen LogP contribution in [0.3, 0.4) is 0 Å². The van der Waals surface area contributed by atoms with Crippen LogP contribution >= 0.6 is 11.8 Å². The Morgan fingerprint density at radius 1 is 0.933 bits per heavy atom. The maximum Gasteiger partial charge on any atom is 0.338 e. The quantitative estimate of drug-likeness (QED) is 0.142. The maximum absolute atomic E-state index is 13.3. The van der Waals surface area contributed by atoms with Gasteiger partial charge in [0, 0.05) is 35.0 Å². The van der Waals surface area contributed by atoms with Gasteiger partial charge in [0.05, 0.1) is 23.1 Å². The van der Waals surface area contributed by atoms with E-state index in [0.717, 1.165) is 9.80 Å². The Balaban J connectivity index is 1.24. The summed E-state index contributed by atoms with van der Waals surface area (Å²) in [5, 5.41) is 4.84. The van der Waals surface area contributed by atoms with Crippen LogP contribution in [0.1, 0.15) is 39.6 Å². The summed E-state index contributed by atoms with van der Waals surface area (Å²) in [6.45, 7) is 1.95. The van der Waals surface area contributed by atoms with E-state index in [1.807, 2.05) is 0 Å². The minimum Gasteiger partial charge on any atom is -0.462 e. The van der Waals surface area contributed by atoms with E-state index in [4.69, 9.17) is 4.74 Å². The van der Waals surface area contributed by atoms with E-state index in [2.05, 4.69) is 15.6 Å². The van der Waals surface area contributed by atoms with Crippen molar-refractivity contribution < 1.29 is 28.7 Å². The highest BCUT2D eigenvalue weighted by Gasteiger charge is 2.40. The third-order valence-electron chi connectivity index (χ3n) is 6.66. The average Bonchev–Trinajstić information content (AvgIpc) is 3.34. The number of pyridine rings is 1. The Morgan fingerprint density at radius 3 is 2.33 bits per heavy atom. The molecule has 4 amide bonds. The molecule has 0 aliphatic carbocycles. The van der Waals surface area contributed by atoms with Crippen LogP contribution in [0, 0.1) is 0 Å². The third-order valence-corrected chi connectivity index (χ3v) is 7.85. The largest absolute Gasteiger partial charge is 0.462 e. The topological polar surface area (TPSA) is 135 Å². The van der Waals surface area contributed by atoms with Crippen molar-refractivity contribution in [2.45, 2.75) is 23.5 Å². The Bertz CT molecular complexity index is 1740. The van der Waals surface area contributed by atoms with Crippen LogP contribution in [0.25, 0.3) is 6.08 Å². The van der Waals surface area contributed by atoms with Crippen molar-refractivity contribution in [2.75, 3.05) is 16.8 Å². The summed E-state index contributed by atoms with van der Waals surface area (Å²) in [5.41, 5.74) is 2.23. The molecule has 3 aromatic carbocycles. The minimum absolute atomic E-state index is 0.0191. The summed E-state index contributed by atoms with van der Waals surface area (Å²) >= 11 is 1.24. The third kappa shape index (κ3) is 7.70. The maximum atomic E-state index is 13.3. The number of anilines is 2. The number of hydrogen-bond acceptors (Lipinski definition) is 8. The van der Waals surface area contributed by atoms with Gasteiger partial charge in [-0.25, -0.2) is 9.69 Å². The molecular weight excluding hydrogens is 592 g/mol. The van der Waals surface area contributed by atoms with E-state index >= 15 is 0 Å². The number of carbonyl (C=O) groups is 5. The highest BCUT2D eigenvalue weighted by Crippen LogP contribution is 2.34. The van der Waals surface area contributed by atoms with Gasteiger partial charge in [-0.05, 0) is 85.3 Å². The average molecular weight is 621 g/mol. The molecule has 1 atom stereocenters. The molecule has 4 aromatic rings. The fraction of sp³-hybridized carbons (Fsp3) is 0.118. The Labute approximate surface area is 263 Å². The summed E-state index contributed by atoms with van der Waals surface area (Å²) in [6.07, 6.45) is 4.73. The van der Waals surface area contributed by atoms with Crippen molar-refractivity contribution in [3.63, 3.8) is 0 Å². The standard InChI is InChI=1S/C34H28N4O6S/c1-2-44-34(43)24-10-14-26(15-11-24)38-30(39)20-29(33(38)42)45-27-16-12-25(13-17-27)36-32(41)28(19-22-7-6-18-35-21-22)37-31(40)23-8-4-3-5-9-23/h3-19,21,29H,2,20H2,1H3,(H,36,41)(H,37,40)/b28-19-. The van der Waals surface area contributed by atoms with Crippen molar-refractivity contribution in [3.05, 3.63) is 126 Å². The molecule has 0 radical (unpaired) electrons. The van der Waals surface area contributed by atoms with E-state index in [0.29, 0.717) is 28.1 Å². The fourth-order valence-corrected chi connectivity index (χ4v) is 5.53. The molecule has 2 N–H and O–H groups in total. The van der Waals surface area contributed by atoms with Crippen LogP contribution in [0.5, 0.6) is 0 Å². The van der Waals surface area contributed by atoms with E-state index in [9.17, 15) is 24.0 Å². The number of nitrogens with zero attached hydrogens (tertiary/aromatic N) is 2. The van der Waals surface area contributed by atoms with Crippen LogP contribution in [-0.2, 0) is 19.1 Å². The molecule has 45 heavy (non-hydrogen) atoms. The molecule has 1 aliphatic rings. The van der Waals surface area contributed by atoms with Crippen molar-refractivity contribution in [3.8, 4) is 0 Å². The lowest BCUT2D eigenvalue weighted by Crippen LogP contribution is -2.31. The molecule has 1 saturated heterocycles. The van der Waals surface area contributed by atoms with Gasteiger partial charge in [0.25, 0.3) is 11.8 Å². The smallest absolute Gasteiger partial charge is 0.338 e. The zero-order valence-electron chi connectivity index (χ0n) is 24.1. The van der Waals surface area contributed by atoms with Crippen LogP contribution < -0.4 is 15.5 Å². The number of rotatable bonds is 10. The van der Waals surface area contributed by atoms with Gasteiger partial charge >= 0.3 is 5.97 Å². The van der Waals surface area contributed by atoms with Gasteiger partial charge in [0.2, 0.25) is 11.8 Å². The highest BCUT2D eigenvalue weighted by atomic mass is 32.2. The molecule has 10 nitrogen and oxygen atoms in total. The van der Waals surface area contributed by atoms with Crippen molar-refractivity contribution in [2.24, 2.45) is 0 Å². The van der Waals surface area contributed by atoms with E-state index in [1.54, 1.807) is 98.2 Å². The number of hydrogen-bond donors (Lipinski definition) is 2. The minimum atomic E-state index is -0.634. The van der Waals surface area contributed by atoms with Gasteiger partial charge in [-0.2, -0.15) is 0 Å². The predicted octanol–water partition coefficient (Wildman–Crippen LogP) is 5.09. The van der Waals surface area contributed by atoms with Crippen molar-refractivity contribution >= 4 is 58.8 Å². The molecule has 0 saturated carbocycles. The summed E-state index contributed by atoms with van der Waals surface area (Å²) in [4.78, 5) is 69.8. The van der Waals surface area contributed by atoms with Crippen LogP contribution in [0.4, 0.5) is 11.4 Å². The normalized spacial score (nSPS) is 14.6.